The molecule has 1 atom stereocenters. The Hall–Kier alpha value is -3.02. The Morgan fingerprint density at radius 2 is 1.82 bits per heavy atom. The number of benzene rings is 2. The molecule has 6 heteroatoms. The maximum Gasteiger partial charge on any atom is 0.224 e. The minimum Gasteiger partial charge on any atom is -0.493 e. The fourth-order valence-electron chi connectivity index (χ4n) is 3.11. The Balaban J connectivity index is 1.61. The van der Waals surface area contributed by atoms with E-state index in [0.717, 1.165) is 23.3 Å². The van der Waals surface area contributed by atoms with Crippen molar-refractivity contribution < 1.29 is 14.3 Å². The summed E-state index contributed by atoms with van der Waals surface area (Å²) in [5.41, 5.74) is 1.88. The van der Waals surface area contributed by atoms with E-state index in [4.69, 9.17) is 9.47 Å². The quantitative estimate of drug-likeness (QED) is 0.581. The van der Waals surface area contributed by atoms with Crippen molar-refractivity contribution in [1.29, 1.82) is 0 Å². The summed E-state index contributed by atoms with van der Waals surface area (Å²) < 4.78 is 11.0. The molecule has 2 N–H and O–H groups in total. The highest BCUT2D eigenvalue weighted by molar-refractivity contribution is 5.77. The van der Waals surface area contributed by atoms with Gasteiger partial charge in [0, 0.05) is 0 Å². The normalized spacial score (nSPS) is 12.1. The summed E-state index contributed by atoms with van der Waals surface area (Å²) >= 11 is 0. The molecule has 0 fully saturated rings. The Morgan fingerprint density at radius 3 is 2.54 bits per heavy atom. The number of rotatable bonds is 9. The van der Waals surface area contributed by atoms with Gasteiger partial charge in [-0.2, -0.15) is 0 Å². The van der Waals surface area contributed by atoms with Crippen LogP contribution in [0.3, 0.4) is 0 Å². The van der Waals surface area contributed by atoms with E-state index in [9.17, 15) is 4.79 Å². The molecule has 148 valence electrons. The molecule has 28 heavy (non-hydrogen) atoms. The summed E-state index contributed by atoms with van der Waals surface area (Å²) in [6.45, 7) is 4.54. The van der Waals surface area contributed by atoms with Crippen molar-refractivity contribution >= 4 is 16.9 Å². The van der Waals surface area contributed by atoms with Gasteiger partial charge in [0.05, 0.1) is 37.2 Å². The number of hydrogen-bond donors (Lipinski definition) is 2. The highest BCUT2D eigenvalue weighted by Gasteiger charge is 2.19. The van der Waals surface area contributed by atoms with Crippen LogP contribution < -0.4 is 14.8 Å². The van der Waals surface area contributed by atoms with Crippen LogP contribution in [0.5, 0.6) is 11.5 Å². The zero-order chi connectivity index (χ0) is 19.9. The molecule has 0 bridgehead atoms. The van der Waals surface area contributed by atoms with Crippen LogP contribution in [-0.2, 0) is 4.79 Å². The van der Waals surface area contributed by atoms with Gasteiger partial charge in [-0.15, -0.1) is 0 Å². The van der Waals surface area contributed by atoms with Gasteiger partial charge >= 0.3 is 0 Å². The van der Waals surface area contributed by atoms with Crippen LogP contribution in [-0.4, -0.2) is 29.6 Å². The second-order valence-electron chi connectivity index (χ2n) is 7.14. The highest BCUT2D eigenvalue weighted by Crippen LogP contribution is 2.26. The average Bonchev–Trinajstić information content (AvgIpc) is 3.12. The van der Waals surface area contributed by atoms with Crippen LogP contribution in [0.1, 0.15) is 38.6 Å². The molecular weight excluding hydrogens is 354 g/mol. The first-order chi connectivity index (χ1) is 13.6. The molecule has 1 aromatic heterocycles. The molecule has 6 nitrogen and oxygen atoms in total. The van der Waals surface area contributed by atoms with Crippen LogP contribution in [0.25, 0.3) is 11.0 Å². The fraction of sp³-hybridized carbons (Fsp3) is 0.364. The number of hydrogen-bond acceptors (Lipinski definition) is 4. The number of nitrogens with one attached hydrogen (secondary N) is 2. The zero-order valence-corrected chi connectivity index (χ0v) is 16.6. The average molecular weight is 381 g/mol. The lowest BCUT2D eigenvalue weighted by atomic mass is 10.0. The van der Waals surface area contributed by atoms with Gasteiger partial charge in [-0.05, 0) is 36.6 Å². The smallest absolute Gasteiger partial charge is 0.224 e. The maximum atomic E-state index is 12.5. The summed E-state index contributed by atoms with van der Waals surface area (Å²) in [7, 11) is 1.60. The van der Waals surface area contributed by atoms with E-state index in [0.29, 0.717) is 17.4 Å². The SMILES string of the molecule is COc1ccccc1OCCC(=O)N[C@@H](CC(C)C)c1nc2ccccc2[nH]1. The molecule has 2 aromatic carbocycles. The lowest BCUT2D eigenvalue weighted by Crippen LogP contribution is -2.31. The first-order valence-corrected chi connectivity index (χ1v) is 9.56. The minimum atomic E-state index is -0.161. The molecule has 0 saturated heterocycles. The molecule has 0 radical (unpaired) electrons. The molecule has 0 spiro atoms. The third-order valence-electron chi connectivity index (χ3n) is 4.44. The van der Waals surface area contributed by atoms with Gasteiger partial charge in [-0.3, -0.25) is 4.79 Å². The largest absolute Gasteiger partial charge is 0.493 e. The number of imidazole rings is 1. The molecule has 3 rings (SSSR count). The van der Waals surface area contributed by atoms with Crippen molar-refractivity contribution in [1.82, 2.24) is 15.3 Å². The van der Waals surface area contributed by atoms with Crippen LogP contribution in [0.4, 0.5) is 0 Å². The van der Waals surface area contributed by atoms with E-state index in [-0.39, 0.29) is 25.0 Å². The summed E-state index contributed by atoms with van der Waals surface area (Å²) in [4.78, 5) is 20.5. The fourth-order valence-corrected chi connectivity index (χ4v) is 3.11. The molecular formula is C22H27N3O3. The third-order valence-corrected chi connectivity index (χ3v) is 4.44. The number of nitrogens with zero attached hydrogens (tertiary/aromatic N) is 1. The maximum absolute atomic E-state index is 12.5. The number of para-hydroxylation sites is 4. The minimum absolute atomic E-state index is 0.0685. The van der Waals surface area contributed by atoms with Gasteiger partial charge in [-0.25, -0.2) is 4.98 Å². The summed E-state index contributed by atoms with van der Waals surface area (Å²) in [5.74, 6) is 2.43. The van der Waals surface area contributed by atoms with Crippen molar-refractivity contribution in [2.24, 2.45) is 5.92 Å². The van der Waals surface area contributed by atoms with E-state index < -0.39 is 0 Å². The summed E-state index contributed by atoms with van der Waals surface area (Å²) in [5, 5.41) is 3.10. The van der Waals surface area contributed by atoms with E-state index in [1.54, 1.807) is 7.11 Å². The van der Waals surface area contributed by atoms with E-state index in [1.807, 2.05) is 48.5 Å². The third kappa shape index (κ3) is 5.03. The number of aromatic nitrogens is 2. The molecule has 3 aromatic rings. The van der Waals surface area contributed by atoms with Gasteiger partial charge in [0.25, 0.3) is 0 Å². The van der Waals surface area contributed by atoms with Crippen molar-refractivity contribution in [2.45, 2.75) is 32.7 Å². The molecule has 0 aliphatic carbocycles. The summed E-state index contributed by atoms with van der Waals surface area (Å²) in [6.07, 6.45) is 1.06. The van der Waals surface area contributed by atoms with Gasteiger partial charge in [0.15, 0.2) is 11.5 Å². The van der Waals surface area contributed by atoms with Crippen molar-refractivity contribution in [3.05, 3.63) is 54.4 Å². The number of H-pyrrole nitrogens is 1. The van der Waals surface area contributed by atoms with E-state index in [2.05, 4.69) is 29.1 Å². The van der Waals surface area contributed by atoms with E-state index in [1.165, 1.54) is 0 Å². The number of ether oxygens (including phenoxy) is 2. The van der Waals surface area contributed by atoms with Crippen molar-refractivity contribution in [3.63, 3.8) is 0 Å². The molecule has 0 aliphatic heterocycles. The molecule has 0 unspecified atom stereocenters. The lowest BCUT2D eigenvalue weighted by Gasteiger charge is -2.19. The van der Waals surface area contributed by atoms with Gasteiger partial charge in [0.1, 0.15) is 5.82 Å². The predicted molar refractivity (Wildman–Crippen MR) is 110 cm³/mol. The van der Waals surface area contributed by atoms with Gasteiger partial charge < -0.3 is 19.8 Å². The number of carbonyl (C=O) groups excluding carboxylic acids is 1. The Labute approximate surface area is 165 Å². The second-order valence-corrected chi connectivity index (χ2v) is 7.14. The lowest BCUT2D eigenvalue weighted by molar-refractivity contribution is -0.122. The Bertz CT molecular complexity index is 887. The first-order valence-electron chi connectivity index (χ1n) is 9.56. The molecule has 1 heterocycles. The number of amides is 1. The van der Waals surface area contributed by atoms with Crippen molar-refractivity contribution in [3.8, 4) is 11.5 Å². The topological polar surface area (TPSA) is 76.2 Å². The first kappa shape index (κ1) is 19.7. The summed E-state index contributed by atoms with van der Waals surface area (Å²) in [6, 6.07) is 15.1. The standard InChI is InChI=1S/C22H27N3O3/c1-15(2)14-18(22-24-16-8-4-5-9-17(16)25-22)23-21(26)12-13-28-20-11-7-6-10-19(20)27-3/h4-11,15,18H,12-14H2,1-3H3,(H,23,26)(H,24,25)/t18-/m0/s1. The second kappa shape index (κ2) is 9.26. The number of aromatic amines is 1. The van der Waals surface area contributed by atoms with E-state index >= 15 is 0 Å². The molecule has 1 amide bonds. The number of methoxy groups -OCH3 is 1. The van der Waals surface area contributed by atoms with Crippen LogP contribution in [0.15, 0.2) is 48.5 Å². The van der Waals surface area contributed by atoms with Crippen LogP contribution in [0.2, 0.25) is 0 Å². The van der Waals surface area contributed by atoms with Gasteiger partial charge in [-0.1, -0.05) is 38.1 Å². The highest BCUT2D eigenvalue weighted by atomic mass is 16.5. The Morgan fingerprint density at radius 1 is 1.11 bits per heavy atom. The van der Waals surface area contributed by atoms with Crippen LogP contribution in [0, 0.1) is 5.92 Å². The number of fused-ring (bicyclic) bond motifs is 1. The molecule has 0 aliphatic rings. The van der Waals surface area contributed by atoms with Crippen molar-refractivity contribution in [2.75, 3.05) is 13.7 Å². The molecule has 0 saturated carbocycles. The number of carbonyl (C=O) groups is 1. The predicted octanol–water partition coefficient (Wildman–Crippen LogP) is 4.24. The van der Waals surface area contributed by atoms with Crippen LogP contribution >= 0.6 is 0 Å². The Kier molecular flexibility index (Phi) is 6.53. The zero-order valence-electron chi connectivity index (χ0n) is 16.6. The monoisotopic (exact) mass is 381 g/mol. The van der Waals surface area contributed by atoms with Gasteiger partial charge in [0.2, 0.25) is 5.91 Å².